The van der Waals surface area contributed by atoms with Crippen LogP contribution >= 0.6 is 94.8 Å². The first kappa shape index (κ1) is 22.6. The number of rotatable bonds is 3. The predicted molar refractivity (Wildman–Crippen MR) is 83.2 cm³/mol. The van der Waals surface area contributed by atoms with Crippen LogP contribution in [0.15, 0.2) is 0 Å². The van der Waals surface area contributed by atoms with E-state index in [-0.39, 0.29) is 71.9 Å². The van der Waals surface area contributed by atoms with Crippen molar-refractivity contribution in [2.24, 2.45) is 0 Å². The van der Waals surface area contributed by atoms with E-state index in [0.29, 0.717) is 0 Å². The molecule has 1 N–H and O–H groups in total. The van der Waals surface area contributed by atoms with E-state index in [1.165, 1.54) is 12.8 Å². The summed E-state index contributed by atoms with van der Waals surface area (Å²) in [5.74, 6) is 0. The van der Waals surface area contributed by atoms with E-state index in [9.17, 15) is 0 Å². The van der Waals surface area contributed by atoms with Crippen molar-refractivity contribution in [3.05, 3.63) is 0 Å². The van der Waals surface area contributed by atoms with Gasteiger partial charge < -0.3 is 0 Å². The molecule has 0 aliphatic rings. The van der Waals surface area contributed by atoms with Gasteiger partial charge in [0.2, 0.25) is 0 Å². The Balaban J connectivity index is -0.0000000417. The Bertz CT molecular complexity index is 24.5. The molecule has 0 radical (unpaired) electrons. The molecule has 0 rings (SSSR count). The molecule has 0 bridgehead atoms. The number of hydrogen-bond donors (Lipinski definition) is 1. The van der Waals surface area contributed by atoms with Crippen LogP contribution in [0.2, 0.25) is 0 Å². The fourth-order valence-electron chi connectivity index (χ4n) is 0.244. The van der Waals surface area contributed by atoms with Crippen LogP contribution in [0.25, 0.3) is 0 Å². The minimum absolute atomic E-state index is 0. The summed E-state index contributed by atoms with van der Waals surface area (Å²) < 4.78 is 3.04. The predicted octanol–water partition coefficient (Wildman–Crippen LogP) is 3.58. The van der Waals surface area contributed by atoms with Gasteiger partial charge in [0.05, 0.1) is 0 Å². The number of halogens is 4. The highest BCUT2D eigenvalue weighted by Crippen LogP contribution is 1.82. The van der Waals surface area contributed by atoms with Gasteiger partial charge in [-0.1, -0.05) is 13.3 Å². The van der Waals surface area contributed by atoms with E-state index in [1.54, 1.807) is 0 Å². The molecule has 0 saturated heterocycles. The lowest BCUT2D eigenvalue weighted by Gasteiger charge is -1.87. The minimum atomic E-state index is 0. The molecule has 0 heterocycles. The van der Waals surface area contributed by atoms with Gasteiger partial charge in [0, 0.05) is 29.4 Å². The standard InChI is InChI=1S/C4H10IN.3HI/c1-2-3-4-6-5;;;/h6H,2-4H2,1H3;3*1H. The zero-order valence-electron chi connectivity index (χ0n) is 5.22. The molecule has 0 spiro atoms. The molecule has 0 amide bonds. The van der Waals surface area contributed by atoms with E-state index in [4.69, 9.17) is 0 Å². The van der Waals surface area contributed by atoms with Gasteiger partial charge in [-0.05, 0) is 6.42 Å². The van der Waals surface area contributed by atoms with E-state index in [0.717, 1.165) is 6.54 Å². The summed E-state index contributed by atoms with van der Waals surface area (Å²) in [4.78, 5) is 0. The maximum atomic E-state index is 3.04. The molecule has 5 heteroatoms. The van der Waals surface area contributed by atoms with Gasteiger partial charge in [0.1, 0.15) is 0 Å². The fourth-order valence-corrected chi connectivity index (χ4v) is 0.625. The SMILES string of the molecule is CCCCNI.I.I.I. The highest BCUT2D eigenvalue weighted by Gasteiger charge is 1.74. The van der Waals surface area contributed by atoms with E-state index in [2.05, 4.69) is 33.3 Å². The van der Waals surface area contributed by atoms with Crippen molar-refractivity contribution < 1.29 is 0 Å². The van der Waals surface area contributed by atoms with Gasteiger partial charge in [-0.2, -0.15) is 0 Å². The number of unbranched alkanes of at least 4 members (excludes halogenated alkanes) is 1. The zero-order chi connectivity index (χ0) is 4.83. The average molecular weight is 583 g/mol. The average Bonchev–Trinajstić information content (AvgIpc) is 1.61. The minimum Gasteiger partial charge on any atom is -0.261 e. The summed E-state index contributed by atoms with van der Waals surface area (Å²) in [5.41, 5.74) is 0. The smallest absolute Gasteiger partial charge is 0.0169 e. The highest BCUT2D eigenvalue weighted by atomic mass is 127. The Morgan fingerprint density at radius 3 is 1.78 bits per heavy atom. The lowest BCUT2D eigenvalue weighted by molar-refractivity contribution is 0.789. The summed E-state index contributed by atoms with van der Waals surface area (Å²) in [7, 11) is 0. The summed E-state index contributed by atoms with van der Waals surface area (Å²) in [6.07, 6.45) is 2.58. The first-order valence-electron chi connectivity index (χ1n) is 2.25. The molecule has 0 aromatic carbocycles. The molecule has 1 nitrogen and oxygen atoms in total. The molecule has 0 saturated carbocycles. The second-order valence-electron chi connectivity index (χ2n) is 1.24. The maximum Gasteiger partial charge on any atom is 0.0169 e. The van der Waals surface area contributed by atoms with Crippen molar-refractivity contribution in [2.75, 3.05) is 6.54 Å². The molecule has 9 heavy (non-hydrogen) atoms. The highest BCUT2D eigenvalue weighted by molar-refractivity contribution is 14.1. The third-order valence-corrected chi connectivity index (χ3v) is 1.16. The Labute approximate surface area is 122 Å². The molecule has 0 aliphatic heterocycles. The van der Waals surface area contributed by atoms with Crippen LogP contribution in [0.1, 0.15) is 19.8 Å². The maximum absolute atomic E-state index is 3.04. The summed E-state index contributed by atoms with van der Waals surface area (Å²) >= 11 is 2.16. The monoisotopic (exact) mass is 583 g/mol. The molecular formula is C4H13I4N. The van der Waals surface area contributed by atoms with E-state index >= 15 is 0 Å². The van der Waals surface area contributed by atoms with E-state index in [1.807, 2.05) is 0 Å². The largest absolute Gasteiger partial charge is 0.261 e. The van der Waals surface area contributed by atoms with Crippen molar-refractivity contribution in [1.82, 2.24) is 3.53 Å². The van der Waals surface area contributed by atoms with Crippen molar-refractivity contribution >= 4 is 94.8 Å². The van der Waals surface area contributed by atoms with Crippen LogP contribution in [0.3, 0.4) is 0 Å². The molecule has 0 fully saturated rings. The third-order valence-electron chi connectivity index (χ3n) is 0.625. The lowest BCUT2D eigenvalue weighted by atomic mass is 10.3. The normalized spacial score (nSPS) is 6.00. The van der Waals surface area contributed by atoms with Crippen LogP contribution in [-0.4, -0.2) is 6.54 Å². The van der Waals surface area contributed by atoms with Gasteiger partial charge >= 0.3 is 0 Å². The van der Waals surface area contributed by atoms with Crippen molar-refractivity contribution in [1.29, 1.82) is 0 Å². The van der Waals surface area contributed by atoms with Crippen molar-refractivity contribution in [3.8, 4) is 0 Å². The van der Waals surface area contributed by atoms with Crippen LogP contribution in [0.5, 0.6) is 0 Å². The first-order chi connectivity index (χ1) is 2.91. The molecule has 0 aromatic rings. The number of nitrogens with one attached hydrogen (secondary N) is 1. The zero-order valence-corrected chi connectivity index (χ0v) is 14.4. The Hall–Kier alpha value is 2.88. The summed E-state index contributed by atoms with van der Waals surface area (Å²) in [5, 5.41) is 0. The summed E-state index contributed by atoms with van der Waals surface area (Å²) in [6.45, 7) is 3.34. The molecule has 0 atom stereocenters. The second kappa shape index (κ2) is 22.4. The topological polar surface area (TPSA) is 12.0 Å². The van der Waals surface area contributed by atoms with Gasteiger partial charge in [-0.25, -0.2) is 0 Å². The molecule has 0 unspecified atom stereocenters. The molecule has 0 aliphatic carbocycles. The van der Waals surface area contributed by atoms with Crippen LogP contribution in [0, 0.1) is 0 Å². The fraction of sp³-hybridized carbons (Fsp3) is 1.00. The van der Waals surface area contributed by atoms with Gasteiger partial charge in [-0.3, -0.25) is 3.53 Å². The van der Waals surface area contributed by atoms with Crippen LogP contribution in [0.4, 0.5) is 0 Å². The van der Waals surface area contributed by atoms with Crippen LogP contribution in [-0.2, 0) is 0 Å². The molecular weight excluding hydrogens is 570 g/mol. The second-order valence-corrected chi connectivity index (χ2v) is 2.00. The lowest BCUT2D eigenvalue weighted by Crippen LogP contribution is -1.97. The quantitative estimate of drug-likeness (QED) is 0.305. The van der Waals surface area contributed by atoms with Gasteiger partial charge in [0.25, 0.3) is 0 Å². The van der Waals surface area contributed by atoms with E-state index < -0.39 is 0 Å². The van der Waals surface area contributed by atoms with Crippen molar-refractivity contribution in [2.45, 2.75) is 19.8 Å². The van der Waals surface area contributed by atoms with Gasteiger partial charge in [0.15, 0.2) is 0 Å². The Kier molecular flexibility index (Phi) is 56.5. The number of hydrogen-bond acceptors (Lipinski definition) is 1. The van der Waals surface area contributed by atoms with Gasteiger partial charge in [-0.15, -0.1) is 71.9 Å². The third kappa shape index (κ3) is 24.8. The Morgan fingerprint density at radius 2 is 1.67 bits per heavy atom. The van der Waals surface area contributed by atoms with Crippen LogP contribution < -0.4 is 3.53 Å². The molecule has 62 valence electrons. The van der Waals surface area contributed by atoms with Crippen molar-refractivity contribution in [3.63, 3.8) is 0 Å². The Morgan fingerprint density at radius 1 is 1.22 bits per heavy atom. The first-order valence-corrected chi connectivity index (χ1v) is 3.33. The molecule has 0 aromatic heterocycles. The summed E-state index contributed by atoms with van der Waals surface area (Å²) in [6, 6.07) is 0.